The molecule has 4 nitrogen and oxygen atoms in total. The first-order valence-corrected chi connectivity index (χ1v) is 6.43. The van der Waals surface area contributed by atoms with E-state index in [0.29, 0.717) is 12.6 Å². The van der Waals surface area contributed by atoms with Gasteiger partial charge in [0.2, 0.25) is 0 Å². The number of phenolic OH excluding ortho intramolecular Hbond substituents is 2. The molecule has 3 N–H and O–H groups in total. The number of hydrogen-bond donors (Lipinski definition) is 3. The molecule has 112 valence electrons. The fourth-order valence-electron chi connectivity index (χ4n) is 2.30. The Bertz CT molecular complexity index is 471. The Morgan fingerprint density at radius 3 is 2.40 bits per heavy atom. The molecule has 0 aliphatic carbocycles. The molecule has 20 heavy (non-hydrogen) atoms. The van der Waals surface area contributed by atoms with Gasteiger partial charge < -0.3 is 20.4 Å². The molecule has 0 aromatic heterocycles. The molecule has 0 amide bonds. The summed E-state index contributed by atoms with van der Waals surface area (Å²) in [5.41, 5.74) is -1.07. The Labute approximate surface area is 114 Å². The summed E-state index contributed by atoms with van der Waals surface area (Å²) in [6.45, 7) is 3.90. The summed E-state index contributed by atoms with van der Waals surface area (Å²) < 4.78 is 38.1. The van der Waals surface area contributed by atoms with Crippen LogP contribution in [0.5, 0.6) is 11.5 Å². The number of hydrogen-bond acceptors (Lipinski definition) is 4. The van der Waals surface area contributed by atoms with Crippen LogP contribution in [0.3, 0.4) is 0 Å². The maximum Gasteiger partial charge on any atom is 0.420 e. The van der Waals surface area contributed by atoms with Crippen LogP contribution in [0, 0.1) is 0 Å². The van der Waals surface area contributed by atoms with Gasteiger partial charge in [0.15, 0.2) is 0 Å². The maximum atomic E-state index is 12.7. The van der Waals surface area contributed by atoms with E-state index >= 15 is 0 Å². The minimum absolute atomic E-state index is 0.121. The van der Waals surface area contributed by atoms with Crippen LogP contribution in [-0.2, 0) is 12.6 Å². The highest BCUT2D eigenvalue weighted by molar-refractivity contribution is 5.47. The number of rotatable bonds is 3. The molecule has 2 rings (SSSR count). The molecule has 7 heteroatoms. The summed E-state index contributed by atoms with van der Waals surface area (Å²) in [4.78, 5) is 2.10. The highest BCUT2D eigenvalue weighted by Gasteiger charge is 2.35. The second kappa shape index (κ2) is 5.88. The summed E-state index contributed by atoms with van der Waals surface area (Å²) in [6, 6.07) is 1.73. The van der Waals surface area contributed by atoms with E-state index in [9.17, 15) is 23.4 Å². The van der Waals surface area contributed by atoms with Crippen LogP contribution in [-0.4, -0.2) is 47.8 Å². The molecule has 1 aliphatic rings. The van der Waals surface area contributed by atoms with E-state index in [0.717, 1.165) is 26.2 Å². The molecule has 1 aromatic carbocycles. The summed E-state index contributed by atoms with van der Waals surface area (Å²) in [5.74, 6) is -1.27. The van der Waals surface area contributed by atoms with Crippen molar-refractivity contribution in [3.63, 3.8) is 0 Å². The normalized spacial score (nSPS) is 17.4. The van der Waals surface area contributed by atoms with Gasteiger partial charge in [-0.2, -0.15) is 13.2 Å². The highest BCUT2D eigenvalue weighted by Crippen LogP contribution is 2.40. The average Bonchev–Trinajstić information content (AvgIpc) is 2.39. The minimum atomic E-state index is -4.67. The van der Waals surface area contributed by atoms with Gasteiger partial charge >= 0.3 is 6.18 Å². The van der Waals surface area contributed by atoms with Crippen molar-refractivity contribution < 1.29 is 23.4 Å². The molecule has 1 aromatic rings. The van der Waals surface area contributed by atoms with Crippen LogP contribution in [0.4, 0.5) is 13.2 Å². The van der Waals surface area contributed by atoms with Gasteiger partial charge in [-0.1, -0.05) is 0 Å². The van der Waals surface area contributed by atoms with Gasteiger partial charge in [0.25, 0.3) is 0 Å². The lowest BCUT2D eigenvalue weighted by atomic mass is 10.0. The van der Waals surface area contributed by atoms with E-state index < -0.39 is 23.2 Å². The lowest BCUT2D eigenvalue weighted by Gasteiger charge is -2.27. The zero-order valence-electron chi connectivity index (χ0n) is 10.9. The molecule has 0 atom stereocenters. The molecular weight excluding hydrogens is 273 g/mol. The standard InChI is InChI=1S/C13H17F3N2O2/c14-13(15,16)11-8-10(19)7-9(12(11)20)1-4-18-5-2-17-3-6-18/h7-8,17,19-20H,1-6H2. The summed E-state index contributed by atoms with van der Waals surface area (Å²) >= 11 is 0. The molecule has 0 radical (unpaired) electrons. The Hall–Kier alpha value is -1.47. The molecule has 1 fully saturated rings. The second-order valence-electron chi connectivity index (χ2n) is 4.84. The number of piperazine rings is 1. The van der Waals surface area contributed by atoms with Gasteiger partial charge in [0.05, 0.1) is 0 Å². The Balaban J connectivity index is 2.12. The van der Waals surface area contributed by atoms with Crippen LogP contribution in [0.15, 0.2) is 12.1 Å². The zero-order chi connectivity index (χ0) is 14.8. The number of nitrogens with zero attached hydrogens (tertiary/aromatic N) is 1. The highest BCUT2D eigenvalue weighted by atomic mass is 19.4. The Kier molecular flexibility index (Phi) is 4.39. The fourth-order valence-corrected chi connectivity index (χ4v) is 2.30. The topological polar surface area (TPSA) is 55.7 Å². The number of phenols is 2. The van der Waals surface area contributed by atoms with Crippen LogP contribution >= 0.6 is 0 Å². The smallest absolute Gasteiger partial charge is 0.420 e. The van der Waals surface area contributed by atoms with Crippen LogP contribution in [0.1, 0.15) is 11.1 Å². The molecule has 0 unspecified atom stereocenters. The van der Waals surface area contributed by atoms with E-state index in [4.69, 9.17) is 0 Å². The van der Waals surface area contributed by atoms with Crippen molar-refractivity contribution >= 4 is 0 Å². The second-order valence-corrected chi connectivity index (χ2v) is 4.84. The lowest BCUT2D eigenvalue weighted by molar-refractivity contribution is -0.138. The van der Waals surface area contributed by atoms with Crippen LogP contribution < -0.4 is 5.32 Å². The van der Waals surface area contributed by atoms with Crippen LogP contribution in [0.25, 0.3) is 0 Å². The number of halogens is 3. The van der Waals surface area contributed by atoms with Crippen molar-refractivity contribution in [2.75, 3.05) is 32.7 Å². The quantitative estimate of drug-likeness (QED) is 0.740. The Morgan fingerprint density at radius 1 is 1.15 bits per heavy atom. The third-order valence-corrected chi connectivity index (χ3v) is 3.39. The van der Waals surface area contributed by atoms with E-state index in [1.807, 2.05) is 0 Å². The Morgan fingerprint density at radius 2 is 1.80 bits per heavy atom. The van der Waals surface area contributed by atoms with Gasteiger partial charge in [0.1, 0.15) is 17.1 Å². The van der Waals surface area contributed by atoms with Crippen molar-refractivity contribution in [1.82, 2.24) is 10.2 Å². The maximum absolute atomic E-state index is 12.7. The summed E-state index contributed by atoms with van der Waals surface area (Å²) in [5, 5.41) is 22.3. The van der Waals surface area contributed by atoms with Gasteiger partial charge in [-0.05, 0) is 24.1 Å². The third-order valence-electron chi connectivity index (χ3n) is 3.39. The zero-order valence-corrected chi connectivity index (χ0v) is 10.9. The van der Waals surface area contributed by atoms with E-state index in [1.165, 1.54) is 6.07 Å². The average molecular weight is 290 g/mol. The van der Waals surface area contributed by atoms with Crippen LogP contribution in [0.2, 0.25) is 0 Å². The first kappa shape index (κ1) is 14.9. The van der Waals surface area contributed by atoms with Gasteiger partial charge in [-0.25, -0.2) is 0 Å². The van der Waals surface area contributed by atoms with Crippen molar-refractivity contribution in [1.29, 1.82) is 0 Å². The van der Waals surface area contributed by atoms with E-state index in [1.54, 1.807) is 0 Å². The van der Waals surface area contributed by atoms with Crippen molar-refractivity contribution in [2.24, 2.45) is 0 Å². The van der Waals surface area contributed by atoms with Gasteiger partial charge in [-0.15, -0.1) is 0 Å². The van der Waals surface area contributed by atoms with Crippen molar-refractivity contribution in [2.45, 2.75) is 12.6 Å². The fraction of sp³-hybridized carbons (Fsp3) is 0.538. The monoisotopic (exact) mass is 290 g/mol. The van der Waals surface area contributed by atoms with E-state index in [2.05, 4.69) is 10.2 Å². The molecule has 0 saturated carbocycles. The van der Waals surface area contributed by atoms with E-state index in [-0.39, 0.29) is 12.0 Å². The molecule has 1 heterocycles. The SMILES string of the molecule is Oc1cc(CCN2CCNCC2)c(O)c(C(F)(F)F)c1. The van der Waals surface area contributed by atoms with Crippen molar-refractivity contribution in [3.05, 3.63) is 23.3 Å². The predicted octanol–water partition coefficient (Wildman–Crippen LogP) is 1.56. The number of aromatic hydroxyl groups is 2. The summed E-state index contributed by atoms with van der Waals surface area (Å²) in [6.07, 6.45) is -4.41. The van der Waals surface area contributed by atoms with Gasteiger partial charge in [-0.3, -0.25) is 0 Å². The third kappa shape index (κ3) is 3.55. The van der Waals surface area contributed by atoms with Crippen molar-refractivity contribution in [3.8, 4) is 11.5 Å². The number of nitrogens with one attached hydrogen (secondary N) is 1. The van der Waals surface area contributed by atoms with Gasteiger partial charge in [0, 0.05) is 32.7 Å². The number of alkyl halides is 3. The number of benzene rings is 1. The lowest BCUT2D eigenvalue weighted by Crippen LogP contribution is -2.44. The molecular formula is C13H17F3N2O2. The first-order valence-electron chi connectivity index (χ1n) is 6.43. The molecule has 0 bridgehead atoms. The molecule has 1 aliphatic heterocycles. The minimum Gasteiger partial charge on any atom is -0.508 e. The first-order chi connectivity index (χ1) is 9.38. The molecule has 0 spiro atoms. The summed E-state index contributed by atoms with van der Waals surface area (Å²) in [7, 11) is 0. The largest absolute Gasteiger partial charge is 0.508 e. The predicted molar refractivity (Wildman–Crippen MR) is 67.8 cm³/mol. The molecule has 1 saturated heterocycles.